The maximum absolute atomic E-state index is 12.2. The van der Waals surface area contributed by atoms with Crippen molar-refractivity contribution in [2.45, 2.75) is 12.3 Å². The Morgan fingerprint density at radius 1 is 1.29 bits per heavy atom. The van der Waals surface area contributed by atoms with Gasteiger partial charge in [0.2, 0.25) is 0 Å². The van der Waals surface area contributed by atoms with Gasteiger partial charge < -0.3 is 0 Å². The Morgan fingerprint density at radius 2 is 1.71 bits per heavy atom. The Hall–Kier alpha value is -0.170. The van der Waals surface area contributed by atoms with Crippen LogP contribution < -0.4 is 0 Å². The zero-order chi connectivity index (χ0) is 11.4. The lowest BCUT2D eigenvalue weighted by Gasteiger charge is -2.18. The third kappa shape index (κ3) is 3.91. The molecule has 0 aliphatic heterocycles. The number of halogens is 4. The van der Waals surface area contributed by atoms with Gasteiger partial charge in [0.1, 0.15) is 6.61 Å². The van der Waals surface area contributed by atoms with E-state index < -0.39 is 26.8 Å². The number of hydrogen-bond acceptors (Lipinski definition) is 4. The van der Waals surface area contributed by atoms with Gasteiger partial charge in [-0.05, 0) is 0 Å². The van der Waals surface area contributed by atoms with Crippen molar-refractivity contribution in [2.24, 2.45) is 0 Å². The van der Waals surface area contributed by atoms with Crippen molar-refractivity contribution in [2.75, 3.05) is 20.8 Å². The van der Waals surface area contributed by atoms with Gasteiger partial charge in [-0.3, -0.25) is 13.6 Å². The summed E-state index contributed by atoms with van der Waals surface area (Å²) < 4.78 is 70.8. The second-order valence-electron chi connectivity index (χ2n) is 2.15. The van der Waals surface area contributed by atoms with Gasteiger partial charge in [0.25, 0.3) is 0 Å². The number of phosphoric ester groups is 1. The standard InChI is InChI=1S/C5H9F4O4P/c1-11-14(10,12-2)13-3-5(8,9)4(6)7/h4H,3H2,1-2H3. The summed E-state index contributed by atoms with van der Waals surface area (Å²) in [6.45, 7) is -1.73. The molecule has 0 aliphatic rings. The minimum absolute atomic E-state index is 0.880. The largest absolute Gasteiger partial charge is 0.474 e. The Kier molecular flexibility index (Phi) is 5.00. The van der Waals surface area contributed by atoms with E-state index in [0.717, 1.165) is 14.2 Å². The Bertz CT molecular complexity index is 214. The van der Waals surface area contributed by atoms with Gasteiger partial charge in [0.15, 0.2) is 0 Å². The zero-order valence-corrected chi connectivity index (χ0v) is 8.27. The van der Waals surface area contributed by atoms with Gasteiger partial charge in [-0.15, -0.1) is 0 Å². The fourth-order valence-corrected chi connectivity index (χ4v) is 1.10. The molecule has 0 atom stereocenters. The molecule has 0 bridgehead atoms. The molecule has 0 spiro atoms. The summed E-state index contributed by atoms with van der Waals surface area (Å²) >= 11 is 0. The molecule has 0 saturated heterocycles. The summed E-state index contributed by atoms with van der Waals surface area (Å²) in [5.41, 5.74) is 0. The monoisotopic (exact) mass is 240 g/mol. The molecule has 0 heterocycles. The first-order valence-corrected chi connectivity index (χ1v) is 4.75. The molecule has 0 radical (unpaired) electrons. The topological polar surface area (TPSA) is 44.8 Å². The highest BCUT2D eigenvalue weighted by atomic mass is 31.2. The quantitative estimate of drug-likeness (QED) is 0.527. The SMILES string of the molecule is COP(=O)(OC)OCC(F)(F)C(F)F. The van der Waals surface area contributed by atoms with E-state index in [1.807, 2.05) is 0 Å². The average molecular weight is 240 g/mol. The normalized spacial score (nSPS) is 13.6. The van der Waals surface area contributed by atoms with Gasteiger partial charge in [-0.1, -0.05) is 0 Å². The van der Waals surface area contributed by atoms with Crippen molar-refractivity contribution in [3.8, 4) is 0 Å². The predicted octanol–water partition coefficient (Wildman–Crippen LogP) is 2.30. The lowest BCUT2D eigenvalue weighted by atomic mass is 10.4. The van der Waals surface area contributed by atoms with Crippen LogP contribution in [0.5, 0.6) is 0 Å². The first-order chi connectivity index (χ1) is 6.27. The molecule has 0 aromatic rings. The molecule has 0 unspecified atom stereocenters. The van der Waals surface area contributed by atoms with Crippen molar-refractivity contribution in [3.05, 3.63) is 0 Å². The van der Waals surface area contributed by atoms with Crippen LogP contribution in [-0.4, -0.2) is 33.2 Å². The summed E-state index contributed by atoms with van der Waals surface area (Å²) in [7, 11) is -2.37. The minimum Gasteiger partial charge on any atom is -0.290 e. The Labute approximate surface area is 77.8 Å². The molecule has 0 aliphatic carbocycles. The molecule has 14 heavy (non-hydrogen) atoms. The Balaban J connectivity index is 4.24. The average Bonchev–Trinajstić information content (AvgIpc) is 2.14. The van der Waals surface area contributed by atoms with Gasteiger partial charge in [0, 0.05) is 14.2 Å². The molecule has 4 nitrogen and oxygen atoms in total. The lowest BCUT2D eigenvalue weighted by molar-refractivity contribution is -0.151. The zero-order valence-electron chi connectivity index (χ0n) is 7.38. The molecule has 0 N–H and O–H groups in total. The molecule has 0 saturated carbocycles. The van der Waals surface area contributed by atoms with Gasteiger partial charge in [-0.25, -0.2) is 13.3 Å². The summed E-state index contributed by atoms with van der Waals surface area (Å²) in [4.78, 5) is 0. The van der Waals surface area contributed by atoms with Crippen LogP contribution in [-0.2, 0) is 18.1 Å². The number of rotatable bonds is 6. The van der Waals surface area contributed by atoms with Crippen molar-refractivity contribution in [1.82, 2.24) is 0 Å². The van der Waals surface area contributed by atoms with Crippen LogP contribution in [0.15, 0.2) is 0 Å². The van der Waals surface area contributed by atoms with E-state index in [1.165, 1.54) is 0 Å². The minimum atomic E-state index is -4.38. The Morgan fingerprint density at radius 3 is 2.00 bits per heavy atom. The molecule has 0 aromatic heterocycles. The molecule has 0 aromatic carbocycles. The van der Waals surface area contributed by atoms with Gasteiger partial charge >= 0.3 is 20.2 Å². The first-order valence-electron chi connectivity index (χ1n) is 3.29. The molecule has 9 heteroatoms. The molecule has 86 valence electrons. The van der Waals surface area contributed by atoms with Crippen molar-refractivity contribution in [1.29, 1.82) is 0 Å². The highest BCUT2D eigenvalue weighted by molar-refractivity contribution is 7.48. The van der Waals surface area contributed by atoms with Gasteiger partial charge in [-0.2, -0.15) is 8.78 Å². The number of phosphoric acid groups is 1. The van der Waals surface area contributed by atoms with Crippen molar-refractivity contribution < 1.29 is 35.7 Å². The van der Waals surface area contributed by atoms with Crippen LogP contribution in [0.2, 0.25) is 0 Å². The maximum Gasteiger partial charge on any atom is 0.474 e. The molecule has 0 rings (SSSR count). The summed E-state index contributed by atoms with van der Waals surface area (Å²) in [6.07, 6.45) is -3.90. The van der Waals surface area contributed by atoms with Crippen LogP contribution >= 0.6 is 7.82 Å². The second-order valence-corrected chi connectivity index (χ2v) is 4.03. The molecular formula is C5H9F4O4P. The highest BCUT2D eigenvalue weighted by Crippen LogP contribution is 2.48. The van der Waals surface area contributed by atoms with E-state index in [4.69, 9.17) is 0 Å². The van der Waals surface area contributed by atoms with Crippen LogP contribution in [0.1, 0.15) is 0 Å². The van der Waals surface area contributed by atoms with Crippen LogP contribution in [0.4, 0.5) is 17.6 Å². The summed E-state index contributed by atoms with van der Waals surface area (Å²) in [5.74, 6) is -4.38. The first kappa shape index (κ1) is 13.8. The van der Waals surface area contributed by atoms with E-state index in [1.54, 1.807) is 0 Å². The third-order valence-corrected chi connectivity index (χ3v) is 2.52. The maximum atomic E-state index is 12.2. The van der Waals surface area contributed by atoms with E-state index in [-0.39, 0.29) is 0 Å². The molecular weight excluding hydrogens is 231 g/mol. The predicted molar refractivity (Wildman–Crippen MR) is 38.5 cm³/mol. The van der Waals surface area contributed by atoms with Crippen LogP contribution in [0.25, 0.3) is 0 Å². The third-order valence-electron chi connectivity index (χ3n) is 1.18. The van der Waals surface area contributed by atoms with E-state index >= 15 is 0 Å². The fraction of sp³-hybridized carbons (Fsp3) is 1.00. The van der Waals surface area contributed by atoms with E-state index in [9.17, 15) is 22.1 Å². The van der Waals surface area contributed by atoms with Crippen LogP contribution in [0, 0.1) is 0 Å². The second kappa shape index (κ2) is 5.06. The smallest absolute Gasteiger partial charge is 0.290 e. The van der Waals surface area contributed by atoms with E-state index in [2.05, 4.69) is 13.6 Å². The van der Waals surface area contributed by atoms with Gasteiger partial charge in [0.05, 0.1) is 0 Å². The van der Waals surface area contributed by atoms with Crippen molar-refractivity contribution in [3.63, 3.8) is 0 Å². The lowest BCUT2D eigenvalue weighted by Crippen LogP contribution is -2.32. The van der Waals surface area contributed by atoms with Crippen molar-refractivity contribution >= 4 is 7.82 Å². The van der Waals surface area contributed by atoms with E-state index in [0.29, 0.717) is 0 Å². The fourth-order valence-electron chi connectivity index (χ4n) is 0.408. The summed E-state index contributed by atoms with van der Waals surface area (Å²) in [5, 5.41) is 0. The number of alkyl halides is 4. The molecule has 0 amide bonds. The van der Waals surface area contributed by atoms with Crippen LogP contribution in [0.3, 0.4) is 0 Å². The molecule has 0 fully saturated rings. The summed E-state index contributed by atoms with van der Waals surface area (Å²) in [6, 6.07) is 0. The highest BCUT2D eigenvalue weighted by Gasteiger charge is 2.43. The number of hydrogen-bond donors (Lipinski definition) is 0.